The summed E-state index contributed by atoms with van der Waals surface area (Å²) in [4.78, 5) is 4.48. The first kappa shape index (κ1) is 14.3. The van der Waals surface area contributed by atoms with Crippen molar-refractivity contribution >= 4 is 16.7 Å². The molecule has 23 heavy (non-hydrogen) atoms. The topological polar surface area (TPSA) is 67.9 Å². The maximum absolute atomic E-state index is 10.4. The Hall–Kier alpha value is -2.34. The predicted molar refractivity (Wildman–Crippen MR) is 89.1 cm³/mol. The van der Waals surface area contributed by atoms with Gasteiger partial charge in [0.15, 0.2) is 5.82 Å². The molecule has 0 amide bonds. The van der Waals surface area contributed by atoms with Crippen LogP contribution in [0.15, 0.2) is 43.0 Å². The van der Waals surface area contributed by atoms with Crippen molar-refractivity contribution in [2.75, 3.05) is 5.32 Å². The Morgan fingerprint density at radius 3 is 3.00 bits per heavy atom. The van der Waals surface area contributed by atoms with Gasteiger partial charge in [0.2, 0.25) is 0 Å². The third kappa shape index (κ3) is 2.70. The lowest BCUT2D eigenvalue weighted by molar-refractivity contribution is 0.166. The van der Waals surface area contributed by atoms with Crippen LogP contribution >= 0.6 is 0 Å². The van der Waals surface area contributed by atoms with Gasteiger partial charge in [0.05, 0.1) is 17.7 Å². The molecule has 0 spiro atoms. The zero-order valence-corrected chi connectivity index (χ0v) is 13.1. The van der Waals surface area contributed by atoms with Gasteiger partial charge in [-0.3, -0.25) is 4.68 Å². The summed E-state index contributed by atoms with van der Waals surface area (Å²) in [5.41, 5.74) is 1.08. The summed E-state index contributed by atoms with van der Waals surface area (Å²) >= 11 is 0. The molecule has 1 saturated carbocycles. The van der Waals surface area contributed by atoms with Crippen molar-refractivity contribution in [1.82, 2.24) is 19.3 Å². The van der Waals surface area contributed by atoms with Gasteiger partial charge in [-0.1, -0.05) is 0 Å². The number of aryl methyl sites for hydroxylation is 1. The van der Waals surface area contributed by atoms with Crippen molar-refractivity contribution in [3.63, 3.8) is 0 Å². The van der Waals surface area contributed by atoms with E-state index in [0.29, 0.717) is 5.92 Å². The zero-order chi connectivity index (χ0) is 15.8. The second-order valence-corrected chi connectivity index (χ2v) is 6.41. The Balaban J connectivity index is 1.51. The Labute approximate surface area is 134 Å². The molecule has 3 heterocycles. The molecule has 0 aliphatic heterocycles. The number of anilines is 1. The number of aromatic nitrogens is 4. The van der Waals surface area contributed by atoms with Gasteiger partial charge < -0.3 is 15.0 Å². The number of nitrogens with one attached hydrogen (secondary N) is 1. The van der Waals surface area contributed by atoms with E-state index in [0.717, 1.165) is 36.1 Å². The van der Waals surface area contributed by atoms with Crippen LogP contribution in [0.1, 0.15) is 12.8 Å². The highest BCUT2D eigenvalue weighted by Crippen LogP contribution is 2.31. The molecule has 2 N–H and O–H groups in total. The molecule has 1 aliphatic carbocycles. The fourth-order valence-corrected chi connectivity index (χ4v) is 3.62. The lowest BCUT2D eigenvalue weighted by Gasteiger charge is -2.18. The molecule has 1 aliphatic rings. The maximum atomic E-state index is 10.4. The molecule has 6 heteroatoms. The van der Waals surface area contributed by atoms with E-state index in [2.05, 4.69) is 26.0 Å². The molecular weight excluding hydrogens is 290 g/mol. The van der Waals surface area contributed by atoms with Crippen molar-refractivity contribution in [2.45, 2.75) is 31.5 Å². The van der Waals surface area contributed by atoms with Crippen molar-refractivity contribution in [2.24, 2.45) is 13.0 Å². The van der Waals surface area contributed by atoms with Gasteiger partial charge >= 0.3 is 0 Å². The Kier molecular flexibility index (Phi) is 3.53. The van der Waals surface area contributed by atoms with Crippen molar-refractivity contribution in [3.8, 4) is 0 Å². The van der Waals surface area contributed by atoms with Crippen LogP contribution in [0.25, 0.3) is 10.9 Å². The number of nitrogens with zero attached hydrogens (tertiary/aromatic N) is 4. The first-order valence-corrected chi connectivity index (χ1v) is 8.03. The van der Waals surface area contributed by atoms with Crippen LogP contribution in [0.3, 0.4) is 0 Å². The summed E-state index contributed by atoms with van der Waals surface area (Å²) in [6, 6.07) is 6.05. The molecule has 1 unspecified atom stereocenters. The Morgan fingerprint density at radius 1 is 1.26 bits per heavy atom. The summed E-state index contributed by atoms with van der Waals surface area (Å²) in [5, 5.41) is 19.3. The van der Waals surface area contributed by atoms with Crippen LogP contribution in [0.4, 0.5) is 5.82 Å². The molecular formula is C17H21N5O. The number of hydrogen-bond donors (Lipinski definition) is 2. The number of rotatable bonds is 4. The number of fused-ring (bicyclic) bond motifs is 1. The van der Waals surface area contributed by atoms with Crippen LogP contribution in [0.2, 0.25) is 0 Å². The molecule has 6 nitrogen and oxygen atoms in total. The van der Waals surface area contributed by atoms with E-state index in [9.17, 15) is 5.11 Å². The first-order valence-electron chi connectivity index (χ1n) is 8.03. The van der Waals surface area contributed by atoms with Crippen LogP contribution in [0, 0.1) is 5.92 Å². The van der Waals surface area contributed by atoms with Crippen molar-refractivity contribution < 1.29 is 5.11 Å². The molecule has 0 radical (unpaired) electrons. The number of aliphatic hydroxyl groups excluding tert-OH is 1. The monoisotopic (exact) mass is 311 g/mol. The Morgan fingerprint density at radius 2 is 2.17 bits per heavy atom. The lowest BCUT2D eigenvalue weighted by atomic mass is 10.1. The highest BCUT2D eigenvalue weighted by atomic mass is 16.3. The molecule has 1 fully saturated rings. The van der Waals surface area contributed by atoms with E-state index in [1.807, 2.05) is 42.5 Å². The van der Waals surface area contributed by atoms with E-state index in [4.69, 9.17) is 0 Å². The minimum atomic E-state index is -0.354. The summed E-state index contributed by atoms with van der Waals surface area (Å²) < 4.78 is 4.00. The summed E-state index contributed by atoms with van der Waals surface area (Å²) in [7, 11) is 2.01. The smallest absolute Gasteiger partial charge is 0.150 e. The summed E-state index contributed by atoms with van der Waals surface area (Å²) in [5.74, 6) is 1.27. The third-order valence-corrected chi connectivity index (χ3v) is 4.74. The minimum Gasteiger partial charge on any atom is -0.391 e. The quantitative estimate of drug-likeness (QED) is 0.773. The van der Waals surface area contributed by atoms with Crippen molar-refractivity contribution in [3.05, 3.63) is 43.0 Å². The molecule has 3 aromatic rings. The van der Waals surface area contributed by atoms with Crippen molar-refractivity contribution in [1.29, 1.82) is 0 Å². The van der Waals surface area contributed by atoms with Crippen LogP contribution in [-0.4, -0.2) is 36.6 Å². The zero-order valence-electron chi connectivity index (χ0n) is 13.1. The minimum absolute atomic E-state index is 0.0311. The summed E-state index contributed by atoms with van der Waals surface area (Å²) in [6.07, 6.45) is 8.97. The molecule has 120 valence electrons. The normalized spacial score (nSPS) is 24.3. The van der Waals surface area contributed by atoms with Gasteiger partial charge in [-0.05, 0) is 37.0 Å². The second kappa shape index (κ2) is 5.70. The van der Waals surface area contributed by atoms with Gasteiger partial charge in [-0.2, -0.15) is 5.10 Å². The average Bonchev–Trinajstić information content (AvgIpc) is 3.24. The molecule has 4 rings (SSSR count). The van der Waals surface area contributed by atoms with Crippen LogP contribution in [0.5, 0.6) is 0 Å². The maximum Gasteiger partial charge on any atom is 0.150 e. The molecule has 0 saturated heterocycles. The first-order chi connectivity index (χ1) is 11.2. The van der Waals surface area contributed by atoms with Gasteiger partial charge in [0.25, 0.3) is 0 Å². The highest BCUT2D eigenvalue weighted by Gasteiger charge is 2.33. The number of aliphatic hydroxyl groups is 1. The van der Waals surface area contributed by atoms with E-state index in [1.54, 1.807) is 6.20 Å². The SMILES string of the molecule is Cn1ccc2ccnc(N[C@@H]3CC(Cn4cccn4)C[C@H]3O)c21. The molecule has 3 aromatic heterocycles. The standard InChI is InChI=1S/C17H21N5O/c1-21-8-4-13-3-6-18-17(16(13)21)20-14-9-12(10-15(14)23)11-22-7-2-5-19-22/h2-8,12,14-15,23H,9-11H2,1H3,(H,18,20)/t12?,14-,15-/m1/s1. The fraction of sp³-hybridized carbons (Fsp3) is 0.412. The largest absolute Gasteiger partial charge is 0.391 e. The summed E-state index contributed by atoms with van der Waals surface area (Å²) in [6.45, 7) is 0.851. The van der Waals surface area contributed by atoms with Gasteiger partial charge in [-0.25, -0.2) is 4.98 Å². The highest BCUT2D eigenvalue weighted by molar-refractivity contribution is 5.89. The van der Waals surface area contributed by atoms with Crippen LogP contribution in [-0.2, 0) is 13.6 Å². The van der Waals surface area contributed by atoms with Gasteiger partial charge in [0.1, 0.15) is 0 Å². The average molecular weight is 311 g/mol. The number of hydrogen-bond acceptors (Lipinski definition) is 4. The van der Waals surface area contributed by atoms with E-state index in [-0.39, 0.29) is 12.1 Å². The van der Waals surface area contributed by atoms with Gasteiger partial charge in [-0.15, -0.1) is 0 Å². The van der Waals surface area contributed by atoms with Gasteiger partial charge in [0, 0.05) is 43.8 Å². The molecule has 0 aromatic carbocycles. The van der Waals surface area contributed by atoms with E-state index >= 15 is 0 Å². The predicted octanol–water partition coefficient (Wildman–Crippen LogP) is 2.02. The fourth-order valence-electron chi connectivity index (χ4n) is 3.62. The molecule has 0 bridgehead atoms. The molecule has 3 atom stereocenters. The van der Waals surface area contributed by atoms with Crippen LogP contribution < -0.4 is 5.32 Å². The second-order valence-electron chi connectivity index (χ2n) is 6.41. The Bertz CT molecular complexity index is 795. The third-order valence-electron chi connectivity index (χ3n) is 4.74. The van der Waals surface area contributed by atoms with E-state index < -0.39 is 0 Å². The van der Waals surface area contributed by atoms with E-state index in [1.165, 1.54) is 0 Å². The number of pyridine rings is 1. The lowest BCUT2D eigenvalue weighted by Crippen LogP contribution is -2.28.